The van der Waals surface area contributed by atoms with Gasteiger partial charge >= 0.3 is 0 Å². The van der Waals surface area contributed by atoms with Crippen LogP contribution in [0.3, 0.4) is 0 Å². The number of pyridine rings is 1. The Bertz CT molecular complexity index is 1060. The molecule has 1 N–H and O–H groups in total. The summed E-state index contributed by atoms with van der Waals surface area (Å²) in [5.74, 6) is 0.846. The minimum atomic E-state index is 0.0210. The summed E-state index contributed by atoms with van der Waals surface area (Å²) in [6, 6.07) is 8.07. The molecule has 28 heavy (non-hydrogen) atoms. The molecular formula is C23H25N3O2. The molecule has 0 atom stereocenters. The van der Waals surface area contributed by atoms with Crippen LogP contribution < -0.4 is 4.74 Å². The first kappa shape index (κ1) is 18.3. The molecule has 1 aromatic carbocycles. The topological polar surface area (TPSA) is 58.2 Å². The average Bonchev–Trinajstić information content (AvgIpc) is 3.15. The molecule has 3 aromatic rings. The van der Waals surface area contributed by atoms with Gasteiger partial charge in [0.1, 0.15) is 5.75 Å². The number of nitrogens with one attached hydrogen (secondary N) is 1. The summed E-state index contributed by atoms with van der Waals surface area (Å²) < 4.78 is 5.89. The highest BCUT2D eigenvalue weighted by molar-refractivity contribution is 5.90. The zero-order valence-corrected chi connectivity index (χ0v) is 16.6. The van der Waals surface area contributed by atoms with Gasteiger partial charge < -0.3 is 14.6 Å². The van der Waals surface area contributed by atoms with Crippen molar-refractivity contribution in [1.29, 1.82) is 0 Å². The number of benzene rings is 1. The second kappa shape index (κ2) is 7.50. The van der Waals surface area contributed by atoms with Gasteiger partial charge in [0.15, 0.2) is 6.61 Å². The third-order valence-electron chi connectivity index (χ3n) is 5.56. The van der Waals surface area contributed by atoms with Crippen molar-refractivity contribution in [2.75, 3.05) is 19.7 Å². The fraction of sp³-hybridized carbons (Fsp3) is 0.304. The van der Waals surface area contributed by atoms with E-state index >= 15 is 0 Å². The van der Waals surface area contributed by atoms with Crippen molar-refractivity contribution in [2.45, 2.75) is 27.2 Å². The fourth-order valence-electron chi connectivity index (χ4n) is 3.71. The zero-order valence-electron chi connectivity index (χ0n) is 16.6. The van der Waals surface area contributed by atoms with Gasteiger partial charge in [0.25, 0.3) is 5.91 Å². The molecule has 1 aliphatic heterocycles. The molecule has 0 aliphatic carbocycles. The van der Waals surface area contributed by atoms with E-state index < -0.39 is 0 Å². The lowest BCUT2D eigenvalue weighted by Gasteiger charge is -2.26. The lowest BCUT2D eigenvalue weighted by molar-refractivity contribution is -0.132. The number of aromatic amines is 1. The van der Waals surface area contributed by atoms with Gasteiger partial charge in [-0.25, -0.2) is 0 Å². The number of carbonyl (C=O) groups is 1. The van der Waals surface area contributed by atoms with Gasteiger partial charge in [0.2, 0.25) is 0 Å². The van der Waals surface area contributed by atoms with Gasteiger partial charge in [-0.2, -0.15) is 0 Å². The predicted octanol–water partition coefficient (Wildman–Crippen LogP) is 4.18. The van der Waals surface area contributed by atoms with Crippen molar-refractivity contribution in [3.05, 3.63) is 65.0 Å². The number of H-pyrrole nitrogens is 1. The Morgan fingerprint density at radius 2 is 2.04 bits per heavy atom. The van der Waals surface area contributed by atoms with E-state index in [4.69, 9.17) is 4.74 Å². The molecule has 0 bridgehead atoms. The second-order valence-corrected chi connectivity index (χ2v) is 7.36. The van der Waals surface area contributed by atoms with Gasteiger partial charge in [-0.15, -0.1) is 0 Å². The summed E-state index contributed by atoms with van der Waals surface area (Å²) in [5, 5.41) is 0. The van der Waals surface area contributed by atoms with Crippen molar-refractivity contribution in [1.82, 2.24) is 14.9 Å². The van der Waals surface area contributed by atoms with Crippen LogP contribution in [0.4, 0.5) is 0 Å². The van der Waals surface area contributed by atoms with Crippen molar-refractivity contribution >= 4 is 22.5 Å². The molecule has 4 rings (SSSR count). The first-order valence-electron chi connectivity index (χ1n) is 9.63. The van der Waals surface area contributed by atoms with Crippen LogP contribution in [0.25, 0.3) is 16.6 Å². The summed E-state index contributed by atoms with van der Waals surface area (Å²) in [7, 11) is 0. The molecule has 1 amide bonds. The molecule has 0 saturated heterocycles. The number of amides is 1. The van der Waals surface area contributed by atoms with E-state index in [1.54, 1.807) is 0 Å². The maximum Gasteiger partial charge on any atom is 0.260 e. The Morgan fingerprint density at radius 1 is 1.21 bits per heavy atom. The number of rotatable bonds is 4. The average molecular weight is 375 g/mol. The monoisotopic (exact) mass is 375 g/mol. The summed E-state index contributed by atoms with van der Waals surface area (Å²) in [6.45, 7) is 7.47. The molecular weight excluding hydrogens is 350 g/mol. The van der Waals surface area contributed by atoms with Crippen LogP contribution >= 0.6 is 0 Å². The maximum atomic E-state index is 12.6. The minimum absolute atomic E-state index is 0.0210. The van der Waals surface area contributed by atoms with E-state index in [1.165, 1.54) is 11.1 Å². The van der Waals surface area contributed by atoms with Crippen molar-refractivity contribution in [2.24, 2.45) is 0 Å². The molecule has 0 spiro atoms. The number of ether oxygens (including phenoxy) is 1. The standard InChI is InChI=1S/C23H25N3O2/c1-15-6-7-16(2)23(17(15)3)28-14-21(27)26-11-8-18(9-12-26)19-13-25-20-5-4-10-24-22(19)20/h4-8,10,13,25H,9,11-12,14H2,1-3H3. The molecule has 0 radical (unpaired) electrons. The Hall–Kier alpha value is -3.08. The van der Waals surface area contributed by atoms with Crippen molar-refractivity contribution in [3.8, 4) is 5.75 Å². The Morgan fingerprint density at radius 3 is 2.82 bits per heavy atom. The number of nitrogens with zero attached hydrogens (tertiary/aromatic N) is 2. The molecule has 5 nitrogen and oxygen atoms in total. The molecule has 1 aliphatic rings. The molecule has 3 heterocycles. The highest BCUT2D eigenvalue weighted by atomic mass is 16.5. The van der Waals surface area contributed by atoms with Crippen LogP contribution in [0.15, 0.2) is 42.7 Å². The Labute approximate surface area is 165 Å². The third-order valence-corrected chi connectivity index (χ3v) is 5.56. The molecule has 0 unspecified atom stereocenters. The van der Waals surface area contributed by atoms with Crippen LogP contribution in [0.5, 0.6) is 5.75 Å². The maximum absolute atomic E-state index is 12.6. The SMILES string of the molecule is Cc1ccc(C)c(OCC(=O)N2CC=C(c3c[nH]c4cccnc34)CC2)c1C. The van der Waals surface area contributed by atoms with Gasteiger partial charge in [-0.05, 0) is 61.6 Å². The van der Waals surface area contributed by atoms with Crippen molar-refractivity contribution < 1.29 is 9.53 Å². The van der Waals surface area contributed by atoms with Gasteiger partial charge in [-0.3, -0.25) is 9.78 Å². The van der Waals surface area contributed by atoms with Gasteiger partial charge in [0.05, 0.1) is 11.0 Å². The first-order valence-corrected chi connectivity index (χ1v) is 9.63. The Balaban J connectivity index is 1.42. The van der Waals surface area contributed by atoms with Crippen LogP contribution in [0, 0.1) is 20.8 Å². The molecule has 0 fully saturated rings. The largest absolute Gasteiger partial charge is 0.483 e. The smallest absolute Gasteiger partial charge is 0.260 e. The second-order valence-electron chi connectivity index (χ2n) is 7.36. The number of aryl methyl sites for hydroxylation is 2. The fourth-order valence-corrected chi connectivity index (χ4v) is 3.71. The van der Waals surface area contributed by atoms with E-state index in [0.717, 1.165) is 39.9 Å². The van der Waals surface area contributed by atoms with Gasteiger partial charge in [0, 0.05) is 31.0 Å². The molecule has 0 saturated carbocycles. The van der Waals surface area contributed by atoms with E-state index in [-0.39, 0.29) is 12.5 Å². The van der Waals surface area contributed by atoms with Crippen LogP contribution in [0.2, 0.25) is 0 Å². The number of fused-ring (bicyclic) bond motifs is 1. The number of carbonyl (C=O) groups excluding carboxylic acids is 1. The number of hydrogen-bond acceptors (Lipinski definition) is 3. The normalized spacial score (nSPS) is 14.2. The highest BCUT2D eigenvalue weighted by Gasteiger charge is 2.20. The van der Waals surface area contributed by atoms with E-state index in [0.29, 0.717) is 13.1 Å². The molecule has 2 aromatic heterocycles. The zero-order chi connectivity index (χ0) is 19.7. The van der Waals surface area contributed by atoms with Crippen LogP contribution in [-0.4, -0.2) is 40.5 Å². The Kier molecular flexibility index (Phi) is 4.90. The summed E-state index contributed by atoms with van der Waals surface area (Å²) in [6.07, 6.45) is 6.76. The first-order chi connectivity index (χ1) is 13.5. The lowest BCUT2D eigenvalue weighted by Crippen LogP contribution is -2.38. The van der Waals surface area contributed by atoms with Crippen LogP contribution in [0.1, 0.15) is 28.7 Å². The predicted molar refractivity (Wildman–Crippen MR) is 111 cm³/mol. The minimum Gasteiger partial charge on any atom is -0.483 e. The van der Waals surface area contributed by atoms with Crippen molar-refractivity contribution in [3.63, 3.8) is 0 Å². The highest BCUT2D eigenvalue weighted by Crippen LogP contribution is 2.28. The van der Waals surface area contributed by atoms with Crippen LogP contribution in [-0.2, 0) is 4.79 Å². The number of hydrogen-bond donors (Lipinski definition) is 1. The van der Waals surface area contributed by atoms with E-state index in [9.17, 15) is 4.79 Å². The van der Waals surface area contributed by atoms with E-state index in [2.05, 4.69) is 29.0 Å². The lowest BCUT2D eigenvalue weighted by atomic mass is 10.0. The van der Waals surface area contributed by atoms with Gasteiger partial charge in [-0.1, -0.05) is 18.2 Å². The summed E-state index contributed by atoms with van der Waals surface area (Å²) in [4.78, 5) is 22.2. The number of aromatic nitrogens is 2. The summed E-state index contributed by atoms with van der Waals surface area (Å²) in [5.41, 5.74) is 7.72. The molecule has 144 valence electrons. The summed E-state index contributed by atoms with van der Waals surface area (Å²) >= 11 is 0. The molecule has 5 heteroatoms. The third kappa shape index (κ3) is 3.40. The van der Waals surface area contributed by atoms with E-state index in [1.807, 2.05) is 49.3 Å². The quantitative estimate of drug-likeness (QED) is 0.744.